The molecule has 2 aromatic rings. The van der Waals surface area contributed by atoms with Crippen LogP contribution in [-0.2, 0) is 19.3 Å². The van der Waals surface area contributed by atoms with Gasteiger partial charge in [0.15, 0.2) is 0 Å². The summed E-state index contributed by atoms with van der Waals surface area (Å²) in [6.07, 6.45) is 5.85. The van der Waals surface area contributed by atoms with Gasteiger partial charge in [0.25, 0.3) is 0 Å². The van der Waals surface area contributed by atoms with Gasteiger partial charge in [-0.15, -0.1) is 0 Å². The summed E-state index contributed by atoms with van der Waals surface area (Å²) in [6.45, 7) is 2.13. The zero-order valence-corrected chi connectivity index (χ0v) is 10.8. The van der Waals surface area contributed by atoms with Gasteiger partial charge in [-0.3, -0.25) is 0 Å². The molecule has 94 valence electrons. The maximum atomic E-state index is 5.58. The van der Waals surface area contributed by atoms with Crippen molar-refractivity contribution in [3.8, 4) is 0 Å². The zero-order chi connectivity index (χ0) is 12.5. The Morgan fingerprint density at radius 1 is 1.28 bits per heavy atom. The predicted octanol–water partition coefficient (Wildman–Crippen LogP) is 2.96. The first-order valence-electron chi connectivity index (χ1n) is 6.74. The summed E-state index contributed by atoms with van der Waals surface area (Å²) in [5.74, 6) is 6.40. The molecule has 0 aliphatic heterocycles. The van der Waals surface area contributed by atoms with E-state index in [1.165, 1.54) is 41.3 Å². The highest BCUT2D eigenvalue weighted by atomic mass is 15.2. The second-order valence-electron chi connectivity index (χ2n) is 4.98. The molecule has 3 nitrogen and oxygen atoms in total. The third-order valence-corrected chi connectivity index (χ3v) is 3.91. The molecule has 0 unspecified atom stereocenters. The number of anilines is 1. The van der Waals surface area contributed by atoms with Crippen LogP contribution in [0.3, 0.4) is 0 Å². The van der Waals surface area contributed by atoms with Gasteiger partial charge >= 0.3 is 0 Å². The van der Waals surface area contributed by atoms with Crippen LogP contribution in [0.25, 0.3) is 10.9 Å². The van der Waals surface area contributed by atoms with Gasteiger partial charge in [0, 0.05) is 5.39 Å². The van der Waals surface area contributed by atoms with Gasteiger partial charge in [-0.05, 0) is 54.9 Å². The average Bonchev–Trinajstić information content (AvgIpc) is 2.45. The maximum Gasteiger partial charge on any atom is 0.143 e. The summed E-state index contributed by atoms with van der Waals surface area (Å²) < 4.78 is 0. The lowest BCUT2D eigenvalue weighted by Crippen LogP contribution is -2.12. The molecule has 1 aliphatic carbocycles. The third kappa shape index (κ3) is 1.75. The summed E-state index contributed by atoms with van der Waals surface area (Å²) in [5, 5.41) is 1.24. The van der Waals surface area contributed by atoms with Gasteiger partial charge in [0.05, 0.1) is 5.52 Å². The number of fused-ring (bicyclic) bond motifs is 3. The molecule has 18 heavy (non-hydrogen) atoms. The molecule has 0 radical (unpaired) electrons. The minimum atomic E-state index is 0.823. The Balaban J connectivity index is 2.27. The molecule has 1 aromatic carbocycles. The van der Waals surface area contributed by atoms with Crippen LogP contribution in [0.5, 0.6) is 0 Å². The van der Waals surface area contributed by atoms with E-state index >= 15 is 0 Å². The number of benzene rings is 1. The fraction of sp³-hybridized carbons (Fsp3) is 0.400. The smallest absolute Gasteiger partial charge is 0.143 e. The van der Waals surface area contributed by atoms with Gasteiger partial charge in [-0.1, -0.05) is 19.1 Å². The first-order chi connectivity index (χ1) is 8.83. The summed E-state index contributed by atoms with van der Waals surface area (Å²) in [5.41, 5.74) is 7.95. The molecule has 0 fully saturated rings. The number of nitrogens with two attached hydrogens (primary N) is 1. The van der Waals surface area contributed by atoms with E-state index < -0.39 is 0 Å². The van der Waals surface area contributed by atoms with Crippen molar-refractivity contribution in [3.63, 3.8) is 0 Å². The lowest BCUT2D eigenvalue weighted by atomic mass is 9.89. The Kier molecular flexibility index (Phi) is 2.92. The Hall–Kier alpha value is -1.61. The molecule has 0 spiro atoms. The summed E-state index contributed by atoms with van der Waals surface area (Å²) >= 11 is 0. The minimum Gasteiger partial charge on any atom is -0.308 e. The Morgan fingerprint density at radius 3 is 2.89 bits per heavy atom. The number of nitrogens with zero attached hydrogens (tertiary/aromatic N) is 1. The first-order valence-corrected chi connectivity index (χ1v) is 6.74. The summed E-state index contributed by atoms with van der Waals surface area (Å²) in [7, 11) is 0. The number of pyridine rings is 1. The first kappa shape index (κ1) is 11.5. The fourth-order valence-electron chi connectivity index (χ4n) is 2.91. The van der Waals surface area contributed by atoms with Gasteiger partial charge < -0.3 is 5.43 Å². The molecule has 0 saturated carbocycles. The number of aryl methyl sites for hydroxylation is 3. The molecule has 1 aromatic heterocycles. The van der Waals surface area contributed by atoms with E-state index in [0.29, 0.717) is 0 Å². The molecule has 0 atom stereocenters. The van der Waals surface area contributed by atoms with Crippen molar-refractivity contribution >= 4 is 16.7 Å². The highest BCUT2D eigenvalue weighted by Crippen LogP contribution is 2.30. The van der Waals surface area contributed by atoms with E-state index in [-0.39, 0.29) is 0 Å². The third-order valence-electron chi connectivity index (χ3n) is 3.91. The highest BCUT2D eigenvalue weighted by Gasteiger charge is 2.14. The molecule has 3 rings (SSSR count). The van der Waals surface area contributed by atoms with Crippen LogP contribution in [0.2, 0.25) is 0 Å². The maximum absolute atomic E-state index is 5.58. The summed E-state index contributed by atoms with van der Waals surface area (Å²) in [4.78, 5) is 4.74. The topological polar surface area (TPSA) is 50.9 Å². The molecule has 1 heterocycles. The number of rotatable bonds is 2. The monoisotopic (exact) mass is 241 g/mol. The van der Waals surface area contributed by atoms with Gasteiger partial charge in [-0.2, -0.15) is 0 Å². The largest absolute Gasteiger partial charge is 0.308 e. The van der Waals surface area contributed by atoms with Crippen LogP contribution < -0.4 is 11.3 Å². The lowest BCUT2D eigenvalue weighted by Gasteiger charge is -2.18. The second-order valence-corrected chi connectivity index (χ2v) is 4.98. The van der Waals surface area contributed by atoms with Crippen LogP contribution in [0.15, 0.2) is 18.2 Å². The van der Waals surface area contributed by atoms with Crippen molar-refractivity contribution in [1.82, 2.24) is 4.98 Å². The van der Waals surface area contributed by atoms with E-state index in [2.05, 4.69) is 30.5 Å². The molecular weight excluding hydrogens is 222 g/mol. The van der Waals surface area contributed by atoms with Crippen LogP contribution in [0, 0.1) is 0 Å². The van der Waals surface area contributed by atoms with E-state index in [1.807, 2.05) is 0 Å². The Labute approximate surface area is 107 Å². The molecule has 3 heteroatoms. The number of nitrogens with one attached hydrogen (secondary N) is 1. The fourth-order valence-corrected chi connectivity index (χ4v) is 2.91. The Bertz CT molecular complexity index is 590. The van der Waals surface area contributed by atoms with Crippen molar-refractivity contribution in [2.45, 2.75) is 39.0 Å². The van der Waals surface area contributed by atoms with Crippen molar-refractivity contribution in [1.29, 1.82) is 0 Å². The average molecular weight is 241 g/mol. The van der Waals surface area contributed by atoms with Gasteiger partial charge in [-0.25, -0.2) is 10.8 Å². The van der Waals surface area contributed by atoms with Crippen LogP contribution in [0.1, 0.15) is 36.5 Å². The van der Waals surface area contributed by atoms with E-state index in [0.717, 1.165) is 24.2 Å². The predicted molar refractivity (Wildman–Crippen MR) is 75.6 cm³/mol. The van der Waals surface area contributed by atoms with Crippen molar-refractivity contribution < 1.29 is 0 Å². The van der Waals surface area contributed by atoms with Crippen LogP contribution in [0.4, 0.5) is 5.82 Å². The molecule has 1 aliphatic rings. The molecular formula is C15H19N3. The second kappa shape index (κ2) is 4.58. The van der Waals surface area contributed by atoms with E-state index in [4.69, 9.17) is 10.8 Å². The van der Waals surface area contributed by atoms with Gasteiger partial charge in [0.1, 0.15) is 5.82 Å². The SMILES string of the molecule is CCc1cc2ccc3c(c2nc1NN)CCCC3. The van der Waals surface area contributed by atoms with E-state index in [1.54, 1.807) is 0 Å². The van der Waals surface area contributed by atoms with Crippen LogP contribution >= 0.6 is 0 Å². The van der Waals surface area contributed by atoms with Gasteiger partial charge in [0.2, 0.25) is 0 Å². The highest BCUT2D eigenvalue weighted by molar-refractivity contribution is 5.86. The molecule has 0 bridgehead atoms. The van der Waals surface area contributed by atoms with Crippen molar-refractivity contribution in [2.24, 2.45) is 5.84 Å². The Morgan fingerprint density at radius 2 is 2.11 bits per heavy atom. The normalized spacial score (nSPS) is 14.6. The number of hydrazine groups is 1. The molecule has 3 N–H and O–H groups in total. The lowest BCUT2D eigenvalue weighted by molar-refractivity contribution is 0.689. The number of nitrogen functional groups attached to an aromatic ring is 1. The van der Waals surface area contributed by atoms with Crippen LogP contribution in [-0.4, -0.2) is 4.98 Å². The zero-order valence-electron chi connectivity index (χ0n) is 10.8. The molecule has 0 amide bonds. The standard InChI is InChI=1S/C15H19N3/c1-2-10-9-12-8-7-11-5-3-4-6-13(11)14(12)17-15(10)18-16/h7-9H,2-6,16H2,1H3,(H,17,18). The number of hydrogen-bond acceptors (Lipinski definition) is 3. The quantitative estimate of drug-likeness (QED) is 0.628. The van der Waals surface area contributed by atoms with E-state index in [9.17, 15) is 0 Å². The molecule has 0 saturated heterocycles. The van der Waals surface area contributed by atoms with Crippen molar-refractivity contribution in [2.75, 3.05) is 5.43 Å². The minimum absolute atomic E-state index is 0.823. The summed E-state index contributed by atoms with van der Waals surface area (Å²) in [6, 6.07) is 6.69. The number of hydrogen-bond donors (Lipinski definition) is 2. The van der Waals surface area contributed by atoms with Crippen molar-refractivity contribution in [3.05, 3.63) is 34.9 Å². The number of aromatic nitrogens is 1.